The molecule has 0 aliphatic carbocycles. The van der Waals surface area contributed by atoms with Crippen LogP contribution in [0.4, 0.5) is 0 Å². The quantitative estimate of drug-likeness (QED) is 0.470. The van der Waals surface area contributed by atoms with Crippen LogP contribution in [0.5, 0.6) is 11.5 Å². The van der Waals surface area contributed by atoms with Crippen molar-refractivity contribution in [2.75, 3.05) is 14.2 Å². The predicted octanol–water partition coefficient (Wildman–Crippen LogP) is 6.59. The number of benzene rings is 3. The highest BCUT2D eigenvalue weighted by atomic mass is 16.5. The molecule has 2 heteroatoms. The first-order valence-corrected chi connectivity index (χ1v) is 9.52. The molecule has 0 heterocycles. The second-order valence-electron chi connectivity index (χ2n) is 7.89. The molecule has 0 spiro atoms. The number of hydrogen-bond donors (Lipinski definition) is 0. The molecular weight excluding hydrogens is 344 g/mol. The van der Waals surface area contributed by atoms with Gasteiger partial charge in [-0.3, -0.25) is 0 Å². The van der Waals surface area contributed by atoms with Gasteiger partial charge in [0.25, 0.3) is 0 Å². The summed E-state index contributed by atoms with van der Waals surface area (Å²) in [5, 5.41) is 0. The molecule has 0 saturated heterocycles. The molecule has 3 rings (SSSR count). The van der Waals surface area contributed by atoms with Crippen molar-refractivity contribution in [2.45, 2.75) is 26.2 Å². The van der Waals surface area contributed by atoms with E-state index in [-0.39, 0.29) is 5.41 Å². The van der Waals surface area contributed by atoms with Gasteiger partial charge in [0.05, 0.1) is 14.2 Å². The maximum absolute atomic E-state index is 5.31. The predicted molar refractivity (Wildman–Crippen MR) is 118 cm³/mol. The van der Waals surface area contributed by atoms with Crippen molar-refractivity contribution in [3.05, 3.63) is 95.1 Å². The lowest BCUT2D eigenvalue weighted by molar-refractivity contribution is 0.414. The lowest BCUT2D eigenvalue weighted by atomic mass is 9.86. The summed E-state index contributed by atoms with van der Waals surface area (Å²) in [5.41, 5.74) is 6.11. The molecule has 0 radical (unpaired) electrons. The highest BCUT2D eigenvalue weighted by molar-refractivity contribution is 5.91. The molecule has 0 aliphatic heterocycles. The van der Waals surface area contributed by atoms with Crippen LogP contribution < -0.4 is 9.47 Å². The zero-order chi connectivity index (χ0) is 20.1. The van der Waals surface area contributed by atoms with Gasteiger partial charge in [0.15, 0.2) is 0 Å². The molecule has 3 aromatic carbocycles. The average molecular weight is 373 g/mol. The second kappa shape index (κ2) is 8.35. The van der Waals surface area contributed by atoms with Crippen LogP contribution in [0.2, 0.25) is 0 Å². The van der Waals surface area contributed by atoms with E-state index in [0.29, 0.717) is 0 Å². The van der Waals surface area contributed by atoms with Crippen LogP contribution in [-0.2, 0) is 5.41 Å². The molecule has 0 saturated carbocycles. The largest absolute Gasteiger partial charge is 0.497 e. The van der Waals surface area contributed by atoms with Crippen LogP contribution in [0.15, 0.2) is 72.8 Å². The Morgan fingerprint density at radius 2 is 1.07 bits per heavy atom. The van der Waals surface area contributed by atoms with Gasteiger partial charge in [-0.2, -0.15) is 0 Å². The third-order valence-corrected chi connectivity index (χ3v) is 4.89. The van der Waals surface area contributed by atoms with E-state index in [1.54, 1.807) is 14.2 Å². The summed E-state index contributed by atoms with van der Waals surface area (Å²) in [6.07, 6.45) is 2.23. The van der Waals surface area contributed by atoms with E-state index in [0.717, 1.165) is 28.2 Å². The van der Waals surface area contributed by atoms with Crippen molar-refractivity contribution in [3.8, 4) is 11.5 Å². The third kappa shape index (κ3) is 4.64. The van der Waals surface area contributed by atoms with Crippen LogP contribution in [0, 0.1) is 0 Å². The molecule has 28 heavy (non-hydrogen) atoms. The van der Waals surface area contributed by atoms with Crippen molar-refractivity contribution in [2.24, 2.45) is 0 Å². The van der Waals surface area contributed by atoms with E-state index < -0.39 is 0 Å². The van der Waals surface area contributed by atoms with Gasteiger partial charge >= 0.3 is 0 Å². The minimum absolute atomic E-state index is 0.150. The van der Waals surface area contributed by atoms with Crippen molar-refractivity contribution >= 4 is 11.6 Å². The van der Waals surface area contributed by atoms with Crippen molar-refractivity contribution in [3.63, 3.8) is 0 Å². The Morgan fingerprint density at radius 1 is 0.643 bits per heavy atom. The average Bonchev–Trinajstić information content (AvgIpc) is 2.72. The SMILES string of the molecule is COc1ccc(C(=Cc2ccc(C(C)(C)C)cc2)c2ccc(OC)cc2)cc1. The summed E-state index contributed by atoms with van der Waals surface area (Å²) in [6, 6.07) is 25.2. The zero-order valence-corrected chi connectivity index (χ0v) is 17.3. The van der Waals surface area contributed by atoms with Gasteiger partial charge in [-0.25, -0.2) is 0 Å². The van der Waals surface area contributed by atoms with E-state index in [9.17, 15) is 0 Å². The summed E-state index contributed by atoms with van der Waals surface area (Å²) in [7, 11) is 3.37. The first kappa shape index (κ1) is 19.8. The van der Waals surface area contributed by atoms with E-state index in [1.807, 2.05) is 24.3 Å². The Hall–Kier alpha value is -3.00. The van der Waals surface area contributed by atoms with Gasteiger partial charge in [0, 0.05) is 0 Å². The van der Waals surface area contributed by atoms with Gasteiger partial charge in [-0.1, -0.05) is 69.3 Å². The fourth-order valence-corrected chi connectivity index (χ4v) is 3.12. The first-order valence-electron chi connectivity index (χ1n) is 9.52. The molecule has 0 aromatic heterocycles. The Bertz CT molecular complexity index is 876. The maximum atomic E-state index is 5.31. The van der Waals surface area contributed by atoms with E-state index in [4.69, 9.17) is 9.47 Å². The maximum Gasteiger partial charge on any atom is 0.118 e. The van der Waals surface area contributed by atoms with Crippen LogP contribution in [0.3, 0.4) is 0 Å². The summed E-state index contributed by atoms with van der Waals surface area (Å²) in [4.78, 5) is 0. The van der Waals surface area contributed by atoms with Crippen LogP contribution in [0.25, 0.3) is 11.6 Å². The molecule has 0 fully saturated rings. The van der Waals surface area contributed by atoms with Gasteiger partial charge in [0.1, 0.15) is 11.5 Å². The summed E-state index contributed by atoms with van der Waals surface area (Å²) < 4.78 is 10.6. The smallest absolute Gasteiger partial charge is 0.118 e. The molecule has 0 bridgehead atoms. The van der Waals surface area contributed by atoms with Crippen LogP contribution >= 0.6 is 0 Å². The van der Waals surface area contributed by atoms with Gasteiger partial charge in [-0.15, -0.1) is 0 Å². The standard InChI is InChI=1S/C26H28O2/c1-26(2,3)22-12-6-19(7-13-22)18-25(20-8-14-23(27-4)15-9-20)21-10-16-24(28-5)17-11-21/h6-18H,1-5H3. The fraction of sp³-hybridized carbons (Fsp3) is 0.231. The molecule has 0 unspecified atom stereocenters. The Labute approximate surface area is 168 Å². The topological polar surface area (TPSA) is 18.5 Å². The normalized spacial score (nSPS) is 11.0. The highest BCUT2D eigenvalue weighted by Crippen LogP contribution is 2.30. The third-order valence-electron chi connectivity index (χ3n) is 4.89. The Kier molecular flexibility index (Phi) is 5.89. The molecule has 2 nitrogen and oxygen atoms in total. The summed E-state index contributed by atoms with van der Waals surface area (Å²) >= 11 is 0. The Balaban J connectivity index is 2.04. The molecule has 0 atom stereocenters. The van der Waals surface area contributed by atoms with E-state index in [1.165, 1.54) is 11.1 Å². The van der Waals surface area contributed by atoms with Gasteiger partial charge in [-0.05, 0) is 63.6 Å². The van der Waals surface area contributed by atoms with Gasteiger partial charge in [0.2, 0.25) is 0 Å². The molecule has 0 amide bonds. The zero-order valence-electron chi connectivity index (χ0n) is 17.3. The summed E-state index contributed by atoms with van der Waals surface area (Å²) in [6.45, 7) is 6.70. The van der Waals surface area contributed by atoms with Crippen LogP contribution in [-0.4, -0.2) is 14.2 Å². The minimum Gasteiger partial charge on any atom is -0.497 e. The number of hydrogen-bond acceptors (Lipinski definition) is 2. The molecule has 0 aliphatic rings. The second-order valence-corrected chi connectivity index (χ2v) is 7.89. The minimum atomic E-state index is 0.150. The molecule has 3 aromatic rings. The molecule has 144 valence electrons. The fourth-order valence-electron chi connectivity index (χ4n) is 3.12. The van der Waals surface area contributed by atoms with Crippen LogP contribution in [0.1, 0.15) is 43.0 Å². The number of methoxy groups -OCH3 is 2. The molecule has 0 N–H and O–H groups in total. The highest BCUT2D eigenvalue weighted by Gasteiger charge is 2.13. The van der Waals surface area contributed by atoms with E-state index in [2.05, 4.69) is 75.4 Å². The van der Waals surface area contributed by atoms with Crippen molar-refractivity contribution < 1.29 is 9.47 Å². The lowest BCUT2D eigenvalue weighted by Crippen LogP contribution is -2.10. The Morgan fingerprint density at radius 3 is 1.43 bits per heavy atom. The number of ether oxygens (including phenoxy) is 2. The van der Waals surface area contributed by atoms with E-state index >= 15 is 0 Å². The lowest BCUT2D eigenvalue weighted by Gasteiger charge is -2.19. The van der Waals surface area contributed by atoms with Crippen molar-refractivity contribution in [1.29, 1.82) is 0 Å². The monoisotopic (exact) mass is 372 g/mol. The van der Waals surface area contributed by atoms with Gasteiger partial charge < -0.3 is 9.47 Å². The molecular formula is C26H28O2. The summed E-state index contributed by atoms with van der Waals surface area (Å²) in [5.74, 6) is 1.71. The first-order chi connectivity index (χ1) is 13.4. The number of rotatable bonds is 5. The van der Waals surface area contributed by atoms with Crippen molar-refractivity contribution in [1.82, 2.24) is 0 Å².